The average Bonchev–Trinajstić information content (AvgIpc) is 2.69. The van der Waals surface area contributed by atoms with Crippen LogP contribution in [0.1, 0.15) is 56.6 Å². The van der Waals surface area contributed by atoms with E-state index in [2.05, 4.69) is 18.2 Å². The number of rotatable bonds is 9. The molecule has 3 rings (SSSR count). The van der Waals surface area contributed by atoms with E-state index in [1.54, 1.807) is 7.11 Å². The Labute approximate surface area is 168 Å². The molecule has 1 N–H and O–H groups in total. The Bertz CT molecular complexity index is 746. The standard InChI is InChI=1S/C24H32O4/c1-24(2,25)13-5-4-6-14-27-22-12-9-19-15-20(17-28-23(19)16-22)18-7-10-21(26-3)11-8-18/h7-12,16,20,25H,4-6,13-15,17H2,1-3H3. The van der Waals surface area contributed by atoms with E-state index < -0.39 is 5.60 Å². The number of ether oxygens (including phenoxy) is 3. The molecular weight excluding hydrogens is 352 g/mol. The van der Waals surface area contributed by atoms with E-state index in [1.807, 2.05) is 38.1 Å². The second-order valence-corrected chi connectivity index (χ2v) is 8.23. The zero-order valence-electron chi connectivity index (χ0n) is 17.2. The topological polar surface area (TPSA) is 47.9 Å². The first-order chi connectivity index (χ1) is 13.4. The SMILES string of the molecule is COc1ccc(C2COc3cc(OCCCCCC(C)(C)O)ccc3C2)cc1. The average molecular weight is 385 g/mol. The molecule has 4 heteroatoms. The van der Waals surface area contributed by atoms with Gasteiger partial charge in [0.2, 0.25) is 0 Å². The van der Waals surface area contributed by atoms with Crippen LogP contribution in [0.25, 0.3) is 0 Å². The van der Waals surface area contributed by atoms with Gasteiger partial charge in [-0.2, -0.15) is 0 Å². The van der Waals surface area contributed by atoms with E-state index in [-0.39, 0.29) is 0 Å². The Hall–Kier alpha value is -2.20. The van der Waals surface area contributed by atoms with Gasteiger partial charge in [-0.15, -0.1) is 0 Å². The van der Waals surface area contributed by atoms with Crippen molar-refractivity contribution < 1.29 is 19.3 Å². The lowest BCUT2D eigenvalue weighted by Crippen LogP contribution is -2.19. The molecule has 0 saturated carbocycles. The van der Waals surface area contributed by atoms with Crippen LogP contribution in [0.15, 0.2) is 42.5 Å². The minimum absolute atomic E-state index is 0.362. The van der Waals surface area contributed by atoms with Gasteiger partial charge in [-0.25, -0.2) is 0 Å². The van der Waals surface area contributed by atoms with Crippen molar-refractivity contribution in [1.29, 1.82) is 0 Å². The van der Waals surface area contributed by atoms with E-state index >= 15 is 0 Å². The summed E-state index contributed by atoms with van der Waals surface area (Å²) in [5, 5.41) is 9.73. The molecule has 0 aliphatic carbocycles. The van der Waals surface area contributed by atoms with Gasteiger partial charge in [0.15, 0.2) is 0 Å². The molecule has 0 aromatic heterocycles. The van der Waals surface area contributed by atoms with Gasteiger partial charge in [0, 0.05) is 12.0 Å². The zero-order chi connectivity index (χ0) is 20.0. The molecule has 1 heterocycles. The summed E-state index contributed by atoms with van der Waals surface area (Å²) in [6.45, 7) is 5.09. The molecule has 1 aliphatic rings. The van der Waals surface area contributed by atoms with Crippen LogP contribution in [0.4, 0.5) is 0 Å². The number of fused-ring (bicyclic) bond motifs is 1. The number of benzene rings is 2. The van der Waals surface area contributed by atoms with Crippen molar-refractivity contribution >= 4 is 0 Å². The fourth-order valence-electron chi connectivity index (χ4n) is 3.56. The summed E-state index contributed by atoms with van der Waals surface area (Å²) in [5.74, 6) is 3.04. The van der Waals surface area contributed by atoms with Crippen molar-refractivity contribution in [2.45, 2.75) is 57.5 Å². The van der Waals surface area contributed by atoms with Gasteiger partial charge in [-0.1, -0.05) is 24.6 Å². The van der Waals surface area contributed by atoms with Crippen molar-refractivity contribution in [1.82, 2.24) is 0 Å². The molecule has 28 heavy (non-hydrogen) atoms. The van der Waals surface area contributed by atoms with Crippen molar-refractivity contribution in [3.8, 4) is 17.2 Å². The van der Waals surface area contributed by atoms with Crippen molar-refractivity contribution in [3.05, 3.63) is 53.6 Å². The third-order valence-corrected chi connectivity index (χ3v) is 5.23. The second-order valence-electron chi connectivity index (χ2n) is 8.23. The van der Waals surface area contributed by atoms with Crippen LogP contribution >= 0.6 is 0 Å². The molecular formula is C24H32O4. The Balaban J connectivity index is 1.48. The fraction of sp³-hybridized carbons (Fsp3) is 0.500. The fourth-order valence-corrected chi connectivity index (χ4v) is 3.56. The van der Waals surface area contributed by atoms with E-state index in [1.165, 1.54) is 11.1 Å². The molecule has 0 fully saturated rings. The molecule has 1 atom stereocenters. The number of hydrogen-bond acceptors (Lipinski definition) is 4. The van der Waals surface area contributed by atoms with E-state index in [0.29, 0.717) is 19.1 Å². The lowest BCUT2D eigenvalue weighted by atomic mass is 9.90. The van der Waals surface area contributed by atoms with Gasteiger partial charge in [0.05, 0.1) is 25.9 Å². The van der Waals surface area contributed by atoms with Crippen LogP contribution in [0.2, 0.25) is 0 Å². The summed E-state index contributed by atoms with van der Waals surface area (Å²) < 4.78 is 17.2. The number of unbranched alkanes of at least 4 members (excludes halogenated alkanes) is 2. The Kier molecular flexibility index (Phi) is 6.84. The maximum Gasteiger partial charge on any atom is 0.126 e. The molecule has 4 nitrogen and oxygen atoms in total. The van der Waals surface area contributed by atoms with E-state index in [4.69, 9.17) is 14.2 Å². The minimum atomic E-state index is -0.569. The zero-order valence-corrected chi connectivity index (χ0v) is 17.2. The van der Waals surface area contributed by atoms with Crippen LogP contribution in [0.3, 0.4) is 0 Å². The van der Waals surface area contributed by atoms with Crippen LogP contribution < -0.4 is 14.2 Å². The monoisotopic (exact) mass is 384 g/mol. The predicted octanol–water partition coefficient (Wildman–Crippen LogP) is 5.12. The largest absolute Gasteiger partial charge is 0.497 e. The smallest absolute Gasteiger partial charge is 0.126 e. The van der Waals surface area contributed by atoms with Crippen molar-refractivity contribution in [2.75, 3.05) is 20.3 Å². The summed E-state index contributed by atoms with van der Waals surface area (Å²) in [6, 6.07) is 14.4. The molecule has 2 aromatic carbocycles. The summed E-state index contributed by atoms with van der Waals surface area (Å²) >= 11 is 0. The molecule has 2 aromatic rings. The highest BCUT2D eigenvalue weighted by Crippen LogP contribution is 2.35. The number of aliphatic hydroxyl groups is 1. The quantitative estimate of drug-likeness (QED) is 0.609. The minimum Gasteiger partial charge on any atom is -0.497 e. The Morgan fingerprint density at radius 2 is 1.79 bits per heavy atom. The first-order valence-electron chi connectivity index (χ1n) is 10.2. The highest BCUT2D eigenvalue weighted by molar-refractivity contribution is 5.44. The normalized spacial score (nSPS) is 16.2. The van der Waals surface area contributed by atoms with Gasteiger partial charge >= 0.3 is 0 Å². The van der Waals surface area contributed by atoms with Crippen LogP contribution in [0, 0.1) is 0 Å². The van der Waals surface area contributed by atoms with Gasteiger partial charge < -0.3 is 19.3 Å². The lowest BCUT2D eigenvalue weighted by molar-refractivity contribution is 0.0677. The van der Waals surface area contributed by atoms with E-state index in [9.17, 15) is 5.11 Å². The third-order valence-electron chi connectivity index (χ3n) is 5.23. The summed E-state index contributed by atoms with van der Waals surface area (Å²) in [5.41, 5.74) is 1.93. The summed E-state index contributed by atoms with van der Waals surface area (Å²) in [7, 11) is 1.68. The highest BCUT2D eigenvalue weighted by Gasteiger charge is 2.22. The second kappa shape index (κ2) is 9.33. The maximum absolute atomic E-state index is 9.73. The van der Waals surface area contributed by atoms with Gasteiger partial charge in [0.25, 0.3) is 0 Å². The van der Waals surface area contributed by atoms with Crippen molar-refractivity contribution in [2.24, 2.45) is 0 Å². The summed E-state index contributed by atoms with van der Waals surface area (Å²) in [4.78, 5) is 0. The van der Waals surface area contributed by atoms with Crippen LogP contribution in [-0.4, -0.2) is 31.0 Å². The molecule has 152 valence electrons. The predicted molar refractivity (Wildman–Crippen MR) is 112 cm³/mol. The molecule has 0 saturated heterocycles. The van der Waals surface area contributed by atoms with Gasteiger partial charge in [0.1, 0.15) is 17.2 Å². The van der Waals surface area contributed by atoms with E-state index in [0.717, 1.165) is 49.4 Å². The van der Waals surface area contributed by atoms with Crippen LogP contribution in [-0.2, 0) is 6.42 Å². The molecule has 0 spiro atoms. The molecule has 1 aliphatic heterocycles. The number of methoxy groups -OCH3 is 1. The first-order valence-corrected chi connectivity index (χ1v) is 10.2. The third kappa shape index (κ3) is 5.90. The lowest BCUT2D eigenvalue weighted by Gasteiger charge is -2.26. The maximum atomic E-state index is 9.73. The first kappa shape index (κ1) is 20.5. The highest BCUT2D eigenvalue weighted by atomic mass is 16.5. The Morgan fingerprint density at radius 3 is 2.50 bits per heavy atom. The van der Waals surface area contributed by atoms with Crippen LogP contribution in [0.5, 0.6) is 17.2 Å². The van der Waals surface area contributed by atoms with Gasteiger partial charge in [-0.3, -0.25) is 0 Å². The van der Waals surface area contributed by atoms with Crippen molar-refractivity contribution in [3.63, 3.8) is 0 Å². The number of hydrogen-bond donors (Lipinski definition) is 1. The molecule has 0 radical (unpaired) electrons. The molecule has 1 unspecified atom stereocenters. The molecule has 0 amide bonds. The van der Waals surface area contributed by atoms with Gasteiger partial charge in [-0.05, 0) is 68.9 Å². The Morgan fingerprint density at radius 1 is 1.04 bits per heavy atom. The molecule has 0 bridgehead atoms. The summed E-state index contributed by atoms with van der Waals surface area (Å²) in [6.07, 6.45) is 4.88.